The summed E-state index contributed by atoms with van der Waals surface area (Å²) < 4.78 is 29.4. The van der Waals surface area contributed by atoms with Gasteiger partial charge in [0.25, 0.3) is 0 Å². The summed E-state index contributed by atoms with van der Waals surface area (Å²) in [6.07, 6.45) is 2.22. The van der Waals surface area contributed by atoms with E-state index in [1.54, 1.807) is 25.1 Å². The zero-order valence-corrected chi connectivity index (χ0v) is 13.4. The molecular weight excluding hydrogens is 320 g/mol. The predicted octanol–water partition coefficient (Wildman–Crippen LogP) is 3.36. The van der Waals surface area contributed by atoms with Crippen LogP contribution in [0.3, 0.4) is 0 Å². The highest BCUT2D eigenvalue weighted by atomic mass is 19.3. The molecule has 0 radical (unpaired) electrons. The van der Waals surface area contributed by atoms with Crippen LogP contribution in [0.1, 0.15) is 44.2 Å². The summed E-state index contributed by atoms with van der Waals surface area (Å²) in [5.41, 5.74) is 0.455. The molecule has 0 saturated heterocycles. The number of ether oxygens (including phenoxy) is 1. The van der Waals surface area contributed by atoms with Crippen LogP contribution < -0.4 is 10.1 Å². The number of hydrogen-bond donors (Lipinski definition) is 2. The smallest absolute Gasteiger partial charge is 0.387 e. The summed E-state index contributed by atoms with van der Waals surface area (Å²) in [4.78, 5) is 23.5. The maximum absolute atomic E-state index is 12.5. The zero-order chi connectivity index (χ0) is 17.7. The van der Waals surface area contributed by atoms with Crippen LogP contribution in [0, 0.1) is 11.8 Å². The molecule has 24 heavy (non-hydrogen) atoms. The number of aliphatic carboxylic acids is 1. The van der Waals surface area contributed by atoms with E-state index in [9.17, 15) is 18.4 Å². The van der Waals surface area contributed by atoms with Crippen LogP contribution in [0.25, 0.3) is 0 Å². The molecule has 1 aromatic rings. The van der Waals surface area contributed by atoms with Crippen molar-refractivity contribution in [3.63, 3.8) is 0 Å². The van der Waals surface area contributed by atoms with E-state index in [0.29, 0.717) is 31.2 Å². The van der Waals surface area contributed by atoms with Crippen LogP contribution in [0.15, 0.2) is 24.3 Å². The molecule has 0 bridgehead atoms. The van der Waals surface area contributed by atoms with E-state index in [1.807, 2.05) is 0 Å². The van der Waals surface area contributed by atoms with Gasteiger partial charge in [-0.05, 0) is 32.3 Å². The maximum atomic E-state index is 12.5. The highest BCUT2D eigenvalue weighted by Gasteiger charge is 2.31. The second kappa shape index (κ2) is 8.08. The number of hydrogen-bond acceptors (Lipinski definition) is 3. The summed E-state index contributed by atoms with van der Waals surface area (Å²) in [5.74, 6) is -1.98. The van der Waals surface area contributed by atoms with E-state index < -0.39 is 24.5 Å². The van der Waals surface area contributed by atoms with Gasteiger partial charge in [0.05, 0.1) is 12.0 Å². The third kappa shape index (κ3) is 4.66. The first-order chi connectivity index (χ1) is 11.4. The van der Waals surface area contributed by atoms with E-state index in [4.69, 9.17) is 5.11 Å². The minimum Gasteiger partial charge on any atom is -0.481 e. The molecule has 1 saturated carbocycles. The van der Waals surface area contributed by atoms with Crippen molar-refractivity contribution in [1.29, 1.82) is 0 Å². The van der Waals surface area contributed by atoms with Crippen molar-refractivity contribution in [3.05, 3.63) is 29.8 Å². The molecule has 0 heterocycles. The van der Waals surface area contributed by atoms with Gasteiger partial charge in [-0.3, -0.25) is 9.59 Å². The van der Waals surface area contributed by atoms with Gasteiger partial charge in [0, 0.05) is 11.5 Å². The van der Waals surface area contributed by atoms with Gasteiger partial charge in [0.2, 0.25) is 5.91 Å². The molecule has 3 atom stereocenters. The lowest BCUT2D eigenvalue weighted by molar-refractivity contribution is -0.144. The summed E-state index contributed by atoms with van der Waals surface area (Å²) in [6, 6.07) is 5.78. The first-order valence-electron chi connectivity index (χ1n) is 7.95. The quantitative estimate of drug-likeness (QED) is 0.832. The number of rotatable bonds is 6. The lowest BCUT2D eigenvalue weighted by Crippen LogP contribution is -2.36. The number of carbonyl (C=O) groups is 2. The summed E-state index contributed by atoms with van der Waals surface area (Å²) in [7, 11) is 0. The molecule has 5 nitrogen and oxygen atoms in total. The number of carbonyl (C=O) groups excluding carboxylic acids is 1. The Morgan fingerprint density at radius 2 is 1.92 bits per heavy atom. The molecule has 1 fully saturated rings. The lowest BCUT2D eigenvalue weighted by Gasteiger charge is -2.27. The van der Waals surface area contributed by atoms with Gasteiger partial charge in [-0.1, -0.05) is 24.6 Å². The number of alkyl halides is 2. The number of amides is 1. The fourth-order valence-electron chi connectivity index (χ4n) is 3.10. The highest BCUT2D eigenvalue weighted by molar-refractivity contribution is 5.80. The summed E-state index contributed by atoms with van der Waals surface area (Å²) >= 11 is 0. The monoisotopic (exact) mass is 341 g/mol. The molecular formula is C17H21F2NO4. The van der Waals surface area contributed by atoms with Crippen LogP contribution in [0.5, 0.6) is 5.75 Å². The Labute approximate surface area is 139 Å². The third-order valence-electron chi connectivity index (χ3n) is 4.35. The fourth-order valence-corrected chi connectivity index (χ4v) is 3.10. The molecule has 2 rings (SSSR count). The molecule has 132 valence electrons. The van der Waals surface area contributed by atoms with E-state index in [2.05, 4.69) is 10.1 Å². The molecule has 1 aliphatic carbocycles. The van der Waals surface area contributed by atoms with Gasteiger partial charge in [-0.2, -0.15) is 8.78 Å². The lowest BCUT2D eigenvalue weighted by atomic mass is 9.81. The average Bonchev–Trinajstić information content (AvgIpc) is 2.54. The number of para-hydroxylation sites is 1. The minimum absolute atomic E-state index is 0.0207. The van der Waals surface area contributed by atoms with Crippen molar-refractivity contribution in [1.82, 2.24) is 5.32 Å². The summed E-state index contributed by atoms with van der Waals surface area (Å²) in [6.45, 7) is -1.26. The van der Waals surface area contributed by atoms with Crippen molar-refractivity contribution in [2.75, 3.05) is 0 Å². The highest BCUT2D eigenvalue weighted by Crippen LogP contribution is 2.31. The molecule has 2 N–H and O–H groups in total. The number of halogens is 2. The van der Waals surface area contributed by atoms with Crippen molar-refractivity contribution < 1.29 is 28.2 Å². The van der Waals surface area contributed by atoms with Crippen molar-refractivity contribution in [2.45, 2.75) is 45.3 Å². The standard InChI is InChI=1S/C17H21F2NO4/c1-10(13-7-2-3-8-14(13)24-17(18)19)20-15(21)11-5-4-6-12(9-11)16(22)23/h2-3,7-8,10-12,17H,4-6,9H2,1H3,(H,20,21)(H,22,23). The van der Waals surface area contributed by atoms with Gasteiger partial charge in [0.1, 0.15) is 5.75 Å². The fraction of sp³-hybridized carbons (Fsp3) is 0.529. The van der Waals surface area contributed by atoms with Crippen LogP contribution in [0.2, 0.25) is 0 Å². The molecule has 0 aliphatic heterocycles. The van der Waals surface area contributed by atoms with Crippen LogP contribution in [0.4, 0.5) is 8.78 Å². The molecule has 7 heteroatoms. The van der Waals surface area contributed by atoms with Gasteiger partial charge >= 0.3 is 12.6 Å². The summed E-state index contributed by atoms with van der Waals surface area (Å²) in [5, 5.41) is 11.9. The topological polar surface area (TPSA) is 75.6 Å². The second-order valence-corrected chi connectivity index (χ2v) is 6.05. The van der Waals surface area contributed by atoms with Crippen LogP contribution >= 0.6 is 0 Å². The van der Waals surface area contributed by atoms with Gasteiger partial charge < -0.3 is 15.2 Å². The number of nitrogens with one attached hydrogen (secondary N) is 1. The Morgan fingerprint density at radius 1 is 1.25 bits per heavy atom. The number of benzene rings is 1. The SMILES string of the molecule is CC(NC(=O)C1CCCC(C(=O)O)C1)c1ccccc1OC(F)F. The first-order valence-corrected chi connectivity index (χ1v) is 7.95. The Bertz CT molecular complexity index is 594. The van der Waals surface area contributed by atoms with Crippen LogP contribution in [-0.4, -0.2) is 23.6 Å². The van der Waals surface area contributed by atoms with Crippen molar-refractivity contribution >= 4 is 11.9 Å². The second-order valence-electron chi connectivity index (χ2n) is 6.05. The van der Waals surface area contributed by atoms with Gasteiger partial charge in [-0.15, -0.1) is 0 Å². The van der Waals surface area contributed by atoms with Crippen molar-refractivity contribution in [2.24, 2.45) is 11.8 Å². The van der Waals surface area contributed by atoms with E-state index >= 15 is 0 Å². The van der Waals surface area contributed by atoms with Crippen molar-refractivity contribution in [3.8, 4) is 5.75 Å². The van der Waals surface area contributed by atoms with E-state index in [-0.39, 0.29) is 17.6 Å². The molecule has 1 aliphatic rings. The minimum atomic E-state index is -2.94. The van der Waals surface area contributed by atoms with Crippen LogP contribution in [-0.2, 0) is 9.59 Å². The average molecular weight is 341 g/mol. The van der Waals surface area contributed by atoms with Gasteiger partial charge in [0.15, 0.2) is 0 Å². The zero-order valence-electron chi connectivity index (χ0n) is 13.4. The first kappa shape index (κ1) is 18.2. The Morgan fingerprint density at radius 3 is 2.58 bits per heavy atom. The molecule has 1 amide bonds. The Kier molecular flexibility index (Phi) is 6.11. The van der Waals surface area contributed by atoms with E-state index in [1.165, 1.54) is 6.07 Å². The number of carboxylic acid groups (broad SMARTS) is 1. The third-order valence-corrected chi connectivity index (χ3v) is 4.35. The largest absolute Gasteiger partial charge is 0.481 e. The maximum Gasteiger partial charge on any atom is 0.387 e. The molecule has 0 spiro atoms. The molecule has 0 aromatic heterocycles. The Hall–Kier alpha value is -2.18. The predicted molar refractivity (Wildman–Crippen MR) is 82.7 cm³/mol. The van der Waals surface area contributed by atoms with Gasteiger partial charge in [-0.25, -0.2) is 0 Å². The Balaban J connectivity index is 2.02. The molecule has 1 aromatic carbocycles. The van der Waals surface area contributed by atoms with E-state index in [0.717, 1.165) is 0 Å². The number of carboxylic acids is 1. The normalized spacial score (nSPS) is 22.0. The molecule has 3 unspecified atom stereocenters.